The summed E-state index contributed by atoms with van der Waals surface area (Å²) in [6.45, 7) is 0. The van der Waals surface area contributed by atoms with Crippen LogP contribution in [0.2, 0.25) is 0 Å². The van der Waals surface area contributed by atoms with Crippen molar-refractivity contribution in [3.63, 3.8) is 0 Å². The summed E-state index contributed by atoms with van der Waals surface area (Å²) in [4.78, 5) is 10.2. The molecule has 0 amide bonds. The minimum atomic E-state index is -1.51. The van der Waals surface area contributed by atoms with Gasteiger partial charge in [-0.2, -0.15) is 0 Å². The molecule has 1 rings (SSSR count). The number of carboxylic acid groups (broad SMARTS) is 1. The number of unbranched alkanes of at least 4 members (excludes halogenated alkanes) is 2. The molecule has 0 aromatic heterocycles. The molecule has 1 aromatic rings. The molecule has 0 bridgehead atoms. The molecule has 0 fully saturated rings. The molecule has 0 spiro atoms. The Morgan fingerprint density at radius 3 is 2.56 bits per heavy atom. The van der Waals surface area contributed by atoms with E-state index in [1.807, 2.05) is 0 Å². The predicted octanol–water partition coefficient (Wildman–Crippen LogP) is 2.72. The summed E-state index contributed by atoms with van der Waals surface area (Å²) in [5, 5.41) is 8.42. The molecule has 0 saturated carbocycles. The zero-order valence-electron chi connectivity index (χ0n) is 9.70. The fourth-order valence-electron chi connectivity index (χ4n) is 1.46. The smallest absolute Gasteiger partial charge is 0.303 e. The number of carbonyl (C=O) groups is 1. The zero-order chi connectivity index (χ0) is 13.5. The van der Waals surface area contributed by atoms with Crippen molar-refractivity contribution in [1.29, 1.82) is 0 Å². The molecular formula is C12H14F2O3S. The third-order valence-corrected chi connectivity index (χ3v) is 3.84. The van der Waals surface area contributed by atoms with E-state index in [0.29, 0.717) is 25.3 Å². The molecule has 1 atom stereocenters. The number of halogens is 2. The number of aliphatic carboxylic acids is 1. The molecule has 0 aliphatic heterocycles. The Balaban J connectivity index is 2.39. The lowest BCUT2D eigenvalue weighted by Gasteiger charge is -2.03. The van der Waals surface area contributed by atoms with Crippen LogP contribution in [0.25, 0.3) is 0 Å². The summed E-state index contributed by atoms with van der Waals surface area (Å²) in [6.07, 6.45) is 1.77. The highest BCUT2D eigenvalue weighted by Crippen LogP contribution is 2.15. The molecule has 0 aliphatic carbocycles. The molecule has 0 heterocycles. The highest BCUT2D eigenvalue weighted by Gasteiger charge is 2.10. The van der Waals surface area contributed by atoms with Crippen molar-refractivity contribution in [3.8, 4) is 0 Å². The van der Waals surface area contributed by atoms with E-state index in [4.69, 9.17) is 5.11 Å². The highest BCUT2D eigenvalue weighted by molar-refractivity contribution is 7.85. The first-order valence-electron chi connectivity index (χ1n) is 5.56. The van der Waals surface area contributed by atoms with Gasteiger partial charge in [0.2, 0.25) is 0 Å². The fourth-order valence-corrected chi connectivity index (χ4v) is 2.64. The van der Waals surface area contributed by atoms with Crippen LogP contribution in [0.3, 0.4) is 0 Å². The Labute approximate surface area is 106 Å². The van der Waals surface area contributed by atoms with Gasteiger partial charge < -0.3 is 5.11 Å². The average molecular weight is 276 g/mol. The molecule has 100 valence electrons. The maximum Gasteiger partial charge on any atom is 0.303 e. The topological polar surface area (TPSA) is 54.4 Å². The van der Waals surface area contributed by atoms with Crippen molar-refractivity contribution in [2.24, 2.45) is 0 Å². The Kier molecular flexibility index (Phi) is 5.91. The van der Waals surface area contributed by atoms with Gasteiger partial charge in [-0.3, -0.25) is 9.00 Å². The van der Waals surface area contributed by atoms with Crippen LogP contribution in [0.15, 0.2) is 23.1 Å². The van der Waals surface area contributed by atoms with E-state index < -0.39 is 28.4 Å². The van der Waals surface area contributed by atoms with E-state index in [1.165, 1.54) is 6.07 Å². The SMILES string of the molecule is O=C(O)CCCCCS(=O)c1ccc(F)cc1F. The van der Waals surface area contributed by atoms with Gasteiger partial charge in [-0.15, -0.1) is 0 Å². The van der Waals surface area contributed by atoms with E-state index in [-0.39, 0.29) is 17.1 Å². The van der Waals surface area contributed by atoms with E-state index in [2.05, 4.69) is 0 Å². The summed E-state index contributed by atoms with van der Waals surface area (Å²) in [7, 11) is -1.51. The standard InChI is InChI=1S/C12H14F2O3S/c13-9-5-6-11(10(14)8-9)18(17)7-3-1-2-4-12(15)16/h5-6,8H,1-4,7H2,(H,15,16). The lowest BCUT2D eigenvalue weighted by molar-refractivity contribution is -0.137. The second-order valence-corrected chi connectivity index (χ2v) is 5.37. The largest absolute Gasteiger partial charge is 0.481 e. The normalized spacial score (nSPS) is 12.3. The van der Waals surface area contributed by atoms with Gasteiger partial charge in [0.15, 0.2) is 0 Å². The minimum absolute atomic E-state index is 0.00497. The van der Waals surface area contributed by atoms with Crippen LogP contribution in [0, 0.1) is 11.6 Å². The second kappa shape index (κ2) is 7.20. The molecule has 18 heavy (non-hydrogen) atoms. The van der Waals surface area contributed by atoms with E-state index in [9.17, 15) is 17.8 Å². The first-order chi connectivity index (χ1) is 8.50. The number of rotatable bonds is 7. The maximum absolute atomic E-state index is 13.3. The van der Waals surface area contributed by atoms with Crippen molar-refractivity contribution >= 4 is 16.8 Å². The maximum atomic E-state index is 13.3. The molecule has 1 unspecified atom stereocenters. The number of carboxylic acids is 1. The zero-order valence-corrected chi connectivity index (χ0v) is 10.5. The lowest BCUT2D eigenvalue weighted by Crippen LogP contribution is -2.02. The van der Waals surface area contributed by atoms with Gasteiger partial charge in [-0.25, -0.2) is 8.78 Å². The van der Waals surface area contributed by atoms with Crippen molar-refractivity contribution in [2.45, 2.75) is 30.6 Å². The third-order valence-electron chi connectivity index (χ3n) is 2.36. The molecule has 0 radical (unpaired) electrons. The molecule has 0 aliphatic rings. The van der Waals surface area contributed by atoms with Crippen LogP contribution >= 0.6 is 0 Å². The van der Waals surface area contributed by atoms with Crippen LogP contribution in [-0.4, -0.2) is 21.0 Å². The molecule has 6 heteroatoms. The average Bonchev–Trinajstić information content (AvgIpc) is 2.27. The van der Waals surface area contributed by atoms with Crippen LogP contribution < -0.4 is 0 Å². The minimum Gasteiger partial charge on any atom is -0.481 e. The summed E-state index contributed by atoms with van der Waals surface area (Å²) in [5.41, 5.74) is 0. The van der Waals surface area contributed by atoms with Gasteiger partial charge in [0.25, 0.3) is 0 Å². The molecule has 1 aromatic carbocycles. The van der Waals surface area contributed by atoms with Crippen molar-refractivity contribution in [3.05, 3.63) is 29.8 Å². The summed E-state index contributed by atoms with van der Waals surface area (Å²) < 4.78 is 37.6. The van der Waals surface area contributed by atoms with Crippen molar-refractivity contribution < 1.29 is 22.9 Å². The Hall–Kier alpha value is -1.30. The van der Waals surface area contributed by atoms with Gasteiger partial charge in [0, 0.05) is 18.2 Å². The number of benzene rings is 1. The molecular weight excluding hydrogens is 262 g/mol. The highest BCUT2D eigenvalue weighted by atomic mass is 32.2. The Morgan fingerprint density at radius 2 is 1.94 bits per heavy atom. The van der Waals surface area contributed by atoms with Crippen LogP contribution in [0.4, 0.5) is 8.78 Å². The van der Waals surface area contributed by atoms with Crippen molar-refractivity contribution in [1.82, 2.24) is 0 Å². The number of hydrogen-bond acceptors (Lipinski definition) is 2. The van der Waals surface area contributed by atoms with Crippen molar-refractivity contribution in [2.75, 3.05) is 5.75 Å². The van der Waals surface area contributed by atoms with Crippen LogP contribution in [0.5, 0.6) is 0 Å². The fraction of sp³-hybridized carbons (Fsp3) is 0.417. The Morgan fingerprint density at radius 1 is 1.22 bits per heavy atom. The summed E-state index contributed by atoms with van der Waals surface area (Å²) in [6, 6.07) is 2.95. The van der Waals surface area contributed by atoms with Crippen LogP contribution in [0.1, 0.15) is 25.7 Å². The summed E-state index contributed by atoms with van der Waals surface area (Å²) >= 11 is 0. The van der Waals surface area contributed by atoms with Crippen LogP contribution in [-0.2, 0) is 15.6 Å². The third kappa shape index (κ3) is 4.91. The molecule has 0 saturated heterocycles. The van der Waals surface area contributed by atoms with Gasteiger partial charge in [0.1, 0.15) is 11.6 Å². The van der Waals surface area contributed by atoms with E-state index in [0.717, 1.165) is 6.07 Å². The monoisotopic (exact) mass is 276 g/mol. The Bertz CT molecular complexity index is 449. The quantitative estimate of drug-likeness (QED) is 0.779. The second-order valence-electron chi connectivity index (χ2n) is 3.83. The molecule has 3 nitrogen and oxygen atoms in total. The number of hydrogen-bond donors (Lipinski definition) is 1. The van der Waals surface area contributed by atoms with E-state index >= 15 is 0 Å². The van der Waals surface area contributed by atoms with Gasteiger partial charge in [0.05, 0.1) is 15.7 Å². The lowest BCUT2D eigenvalue weighted by atomic mass is 10.2. The first kappa shape index (κ1) is 14.8. The van der Waals surface area contributed by atoms with Gasteiger partial charge >= 0.3 is 5.97 Å². The van der Waals surface area contributed by atoms with E-state index in [1.54, 1.807) is 0 Å². The van der Waals surface area contributed by atoms with Gasteiger partial charge in [-0.1, -0.05) is 6.42 Å². The molecule has 1 N–H and O–H groups in total. The van der Waals surface area contributed by atoms with Gasteiger partial charge in [-0.05, 0) is 25.0 Å². The predicted molar refractivity (Wildman–Crippen MR) is 63.7 cm³/mol. The first-order valence-corrected chi connectivity index (χ1v) is 6.88. The summed E-state index contributed by atoms with van der Waals surface area (Å²) in [5.74, 6) is -2.11.